The summed E-state index contributed by atoms with van der Waals surface area (Å²) in [5.74, 6) is 0. The molecule has 1 heterocycles. The van der Waals surface area contributed by atoms with Gasteiger partial charge in [0.1, 0.15) is 6.54 Å². The Kier molecular flexibility index (Phi) is 6.32. The molecule has 2 amide bonds. The predicted octanol–water partition coefficient (Wildman–Crippen LogP) is 1.04. The first-order chi connectivity index (χ1) is 11.2. The SMILES string of the molecule is O=C(NC1CCCCC1)N1CCN(S(=O)(=O)NCC(F)(F)F)CC1. The van der Waals surface area contributed by atoms with Gasteiger partial charge in [0.05, 0.1) is 0 Å². The van der Waals surface area contributed by atoms with Crippen LogP contribution in [0, 0.1) is 0 Å². The third-order valence-corrected chi connectivity index (χ3v) is 5.81. The maximum Gasteiger partial charge on any atom is 0.402 e. The maximum absolute atomic E-state index is 12.2. The number of carbonyl (C=O) groups is 1. The van der Waals surface area contributed by atoms with Crippen LogP contribution in [0.25, 0.3) is 0 Å². The van der Waals surface area contributed by atoms with Gasteiger partial charge in [-0.2, -0.15) is 30.6 Å². The fourth-order valence-corrected chi connectivity index (χ4v) is 4.08. The number of nitrogens with one attached hydrogen (secondary N) is 2. The average Bonchev–Trinajstić information content (AvgIpc) is 2.53. The highest BCUT2D eigenvalue weighted by Gasteiger charge is 2.34. The van der Waals surface area contributed by atoms with Gasteiger partial charge in [-0.25, -0.2) is 4.79 Å². The lowest BCUT2D eigenvalue weighted by atomic mass is 9.96. The molecular formula is C13H23F3N4O3S. The number of hydrogen-bond acceptors (Lipinski definition) is 3. The average molecular weight is 372 g/mol. The summed E-state index contributed by atoms with van der Waals surface area (Å²) >= 11 is 0. The number of urea groups is 1. The van der Waals surface area contributed by atoms with Gasteiger partial charge in [-0.1, -0.05) is 19.3 Å². The van der Waals surface area contributed by atoms with E-state index in [2.05, 4.69) is 5.32 Å². The summed E-state index contributed by atoms with van der Waals surface area (Å²) in [6, 6.07) is -0.0799. The third kappa shape index (κ3) is 5.78. The Labute approximate surface area is 139 Å². The van der Waals surface area contributed by atoms with Crippen molar-refractivity contribution in [3.63, 3.8) is 0 Å². The molecule has 0 unspecified atom stereocenters. The molecule has 0 spiro atoms. The Morgan fingerprint density at radius 1 is 1.04 bits per heavy atom. The minimum absolute atomic E-state index is 0.0225. The predicted molar refractivity (Wildman–Crippen MR) is 81.5 cm³/mol. The number of hydrogen-bond donors (Lipinski definition) is 2. The minimum atomic E-state index is -4.60. The van der Waals surface area contributed by atoms with Gasteiger partial charge in [0.25, 0.3) is 10.2 Å². The molecule has 1 saturated heterocycles. The molecule has 2 N–H and O–H groups in total. The second kappa shape index (κ2) is 7.87. The number of rotatable bonds is 4. The molecule has 0 bridgehead atoms. The Morgan fingerprint density at radius 3 is 2.17 bits per heavy atom. The van der Waals surface area contributed by atoms with E-state index >= 15 is 0 Å². The van der Waals surface area contributed by atoms with Crippen LogP contribution in [0.3, 0.4) is 0 Å². The first-order valence-corrected chi connectivity index (χ1v) is 9.48. The molecule has 0 aromatic carbocycles. The van der Waals surface area contributed by atoms with E-state index in [1.807, 2.05) is 0 Å². The highest BCUT2D eigenvalue weighted by Crippen LogP contribution is 2.18. The Hall–Kier alpha value is -1.07. The van der Waals surface area contributed by atoms with Crippen LogP contribution in [0.2, 0.25) is 0 Å². The van der Waals surface area contributed by atoms with Crippen molar-refractivity contribution in [3.8, 4) is 0 Å². The number of amides is 2. The van der Waals surface area contributed by atoms with E-state index < -0.39 is 22.9 Å². The highest BCUT2D eigenvalue weighted by molar-refractivity contribution is 7.87. The normalized spacial score (nSPS) is 21.7. The fourth-order valence-electron chi connectivity index (χ4n) is 2.91. The quantitative estimate of drug-likeness (QED) is 0.774. The minimum Gasteiger partial charge on any atom is -0.335 e. The van der Waals surface area contributed by atoms with Gasteiger partial charge in [-0.05, 0) is 12.8 Å². The van der Waals surface area contributed by atoms with E-state index in [-0.39, 0.29) is 38.3 Å². The zero-order valence-corrected chi connectivity index (χ0v) is 14.1. The summed E-state index contributed by atoms with van der Waals surface area (Å²) in [4.78, 5) is 13.7. The number of halogens is 3. The van der Waals surface area contributed by atoms with Crippen LogP contribution in [0.15, 0.2) is 0 Å². The van der Waals surface area contributed by atoms with E-state index in [1.54, 1.807) is 0 Å². The summed E-state index contributed by atoms with van der Waals surface area (Å²) < 4.78 is 62.5. The van der Waals surface area contributed by atoms with Crippen molar-refractivity contribution in [1.29, 1.82) is 0 Å². The van der Waals surface area contributed by atoms with Crippen molar-refractivity contribution < 1.29 is 26.4 Å². The van der Waals surface area contributed by atoms with Gasteiger partial charge >= 0.3 is 12.2 Å². The van der Waals surface area contributed by atoms with Crippen LogP contribution in [0.1, 0.15) is 32.1 Å². The molecule has 11 heteroatoms. The smallest absolute Gasteiger partial charge is 0.335 e. The molecule has 2 rings (SSSR count). The monoisotopic (exact) mass is 372 g/mol. The van der Waals surface area contributed by atoms with Gasteiger partial charge in [0, 0.05) is 32.2 Å². The maximum atomic E-state index is 12.2. The van der Waals surface area contributed by atoms with Crippen LogP contribution in [-0.2, 0) is 10.2 Å². The standard InChI is InChI=1S/C13H23F3N4O3S/c14-13(15,16)10-17-24(22,23)20-8-6-19(7-9-20)12(21)18-11-4-2-1-3-5-11/h11,17H,1-10H2,(H,18,21). The topological polar surface area (TPSA) is 81.8 Å². The van der Waals surface area contributed by atoms with Crippen LogP contribution < -0.4 is 10.0 Å². The van der Waals surface area contributed by atoms with Gasteiger partial charge in [-0.3, -0.25) is 0 Å². The van der Waals surface area contributed by atoms with Crippen LogP contribution in [0.4, 0.5) is 18.0 Å². The summed E-state index contributed by atoms with van der Waals surface area (Å²) in [5, 5.41) is 2.94. The van der Waals surface area contributed by atoms with Gasteiger partial charge < -0.3 is 10.2 Å². The van der Waals surface area contributed by atoms with E-state index in [0.29, 0.717) is 0 Å². The number of piperazine rings is 1. The molecule has 140 valence electrons. The first kappa shape index (κ1) is 19.3. The van der Waals surface area contributed by atoms with Crippen molar-refractivity contribution in [3.05, 3.63) is 0 Å². The number of alkyl halides is 3. The van der Waals surface area contributed by atoms with E-state index in [9.17, 15) is 26.4 Å². The van der Waals surface area contributed by atoms with Crippen LogP contribution >= 0.6 is 0 Å². The van der Waals surface area contributed by atoms with Gasteiger partial charge in [0.2, 0.25) is 0 Å². The van der Waals surface area contributed by atoms with E-state index in [1.165, 1.54) is 16.0 Å². The summed E-state index contributed by atoms with van der Waals surface area (Å²) in [5.41, 5.74) is 0. The molecule has 2 fully saturated rings. The molecule has 7 nitrogen and oxygen atoms in total. The van der Waals surface area contributed by atoms with Crippen molar-refractivity contribution in [2.75, 3.05) is 32.7 Å². The Morgan fingerprint density at radius 2 is 1.62 bits per heavy atom. The molecule has 1 aliphatic carbocycles. The zero-order chi connectivity index (χ0) is 17.8. The van der Waals surface area contributed by atoms with E-state index in [4.69, 9.17) is 0 Å². The molecular weight excluding hydrogens is 349 g/mol. The second-order valence-corrected chi connectivity index (χ2v) is 7.87. The summed E-state index contributed by atoms with van der Waals surface area (Å²) in [7, 11) is -4.19. The molecule has 24 heavy (non-hydrogen) atoms. The van der Waals surface area contributed by atoms with Crippen molar-refractivity contribution in [2.24, 2.45) is 0 Å². The molecule has 0 aromatic rings. The molecule has 1 saturated carbocycles. The van der Waals surface area contributed by atoms with Crippen LogP contribution in [-0.4, -0.2) is 68.6 Å². The second-order valence-electron chi connectivity index (χ2n) is 6.11. The van der Waals surface area contributed by atoms with Crippen molar-refractivity contribution in [2.45, 2.75) is 44.3 Å². The number of carbonyl (C=O) groups excluding carboxylic acids is 1. The summed E-state index contributed by atoms with van der Waals surface area (Å²) in [6.45, 7) is -1.33. The lowest BCUT2D eigenvalue weighted by molar-refractivity contribution is -0.121. The van der Waals surface area contributed by atoms with Crippen LogP contribution in [0.5, 0.6) is 0 Å². The van der Waals surface area contributed by atoms with E-state index in [0.717, 1.165) is 30.0 Å². The molecule has 0 atom stereocenters. The Balaban J connectivity index is 1.78. The molecule has 2 aliphatic rings. The number of nitrogens with zero attached hydrogens (tertiary/aromatic N) is 2. The summed E-state index contributed by atoms with van der Waals surface area (Å²) in [6.07, 6.45) is 0.634. The lowest BCUT2D eigenvalue weighted by Crippen LogP contribution is -2.56. The molecule has 0 aromatic heterocycles. The first-order valence-electron chi connectivity index (χ1n) is 8.04. The lowest BCUT2D eigenvalue weighted by Gasteiger charge is -2.35. The van der Waals surface area contributed by atoms with Crippen molar-refractivity contribution >= 4 is 16.2 Å². The van der Waals surface area contributed by atoms with Crippen molar-refractivity contribution in [1.82, 2.24) is 19.2 Å². The highest BCUT2D eigenvalue weighted by atomic mass is 32.2. The fraction of sp³-hybridized carbons (Fsp3) is 0.923. The molecule has 0 radical (unpaired) electrons. The Bertz CT molecular complexity index is 527. The zero-order valence-electron chi connectivity index (χ0n) is 13.3. The van der Waals surface area contributed by atoms with Gasteiger partial charge in [0.15, 0.2) is 0 Å². The van der Waals surface area contributed by atoms with Gasteiger partial charge in [-0.15, -0.1) is 0 Å². The third-order valence-electron chi connectivity index (χ3n) is 4.25. The largest absolute Gasteiger partial charge is 0.402 e. The molecule has 1 aliphatic heterocycles.